The zero-order chi connectivity index (χ0) is 19.1. The van der Waals surface area contributed by atoms with Crippen LogP contribution in [0.1, 0.15) is 45.2 Å². The van der Waals surface area contributed by atoms with Gasteiger partial charge in [-0.15, -0.1) is 0 Å². The highest BCUT2D eigenvalue weighted by atomic mass is 16.7. The smallest absolute Gasteiger partial charge is 0.402 e. The topological polar surface area (TPSA) is 44.2 Å². The lowest BCUT2D eigenvalue weighted by Gasteiger charge is -2.35. The Morgan fingerprint density at radius 1 is 0.926 bits per heavy atom. The van der Waals surface area contributed by atoms with Crippen LogP contribution in [0, 0.1) is 0 Å². The van der Waals surface area contributed by atoms with Crippen molar-refractivity contribution in [1.29, 1.82) is 0 Å². The van der Waals surface area contributed by atoms with Crippen LogP contribution in [0.25, 0.3) is 5.57 Å². The third-order valence-electron chi connectivity index (χ3n) is 6.09. The zero-order valence-corrected chi connectivity index (χ0v) is 16.3. The van der Waals surface area contributed by atoms with Crippen molar-refractivity contribution in [2.24, 2.45) is 0 Å². The fraction of sp³-hybridized carbons (Fsp3) is 0.364. The van der Waals surface area contributed by atoms with Gasteiger partial charge < -0.3 is 9.31 Å². The third kappa shape index (κ3) is 3.05. The van der Waals surface area contributed by atoms with Gasteiger partial charge in [0.1, 0.15) is 6.33 Å². The molecule has 1 fully saturated rings. The van der Waals surface area contributed by atoms with E-state index in [1.807, 2.05) is 18.5 Å². The van der Waals surface area contributed by atoms with Gasteiger partial charge in [-0.1, -0.05) is 48.6 Å². The molecular weight excluding hydrogens is 335 g/mol. The first kappa shape index (κ1) is 18.1. The number of hydrogen-bond donors (Lipinski definition) is 0. The van der Waals surface area contributed by atoms with Gasteiger partial charge in [0.2, 0.25) is 0 Å². The highest BCUT2D eigenvalue weighted by molar-refractivity contribution is 6.51. The molecule has 4 nitrogen and oxygen atoms in total. The van der Waals surface area contributed by atoms with E-state index in [-0.39, 0.29) is 0 Å². The second-order valence-electron chi connectivity index (χ2n) is 8.35. The molecule has 5 heteroatoms. The number of allylic oxidation sites excluding steroid dienone is 4. The normalized spacial score (nSPS) is 26.1. The summed E-state index contributed by atoms with van der Waals surface area (Å²) in [7, 11) is -0.419. The molecule has 4 rings (SSSR count). The largest absolute Gasteiger partial charge is 0.473 e. The van der Waals surface area contributed by atoms with Crippen molar-refractivity contribution in [3.05, 3.63) is 78.4 Å². The summed E-state index contributed by atoms with van der Waals surface area (Å²) in [6.45, 7) is 8.34. The van der Waals surface area contributed by atoms with Crippen LogP contribution in [-0.2, 0) is 14.6 Å². The Bertz CT molecular complexity index is 862. The van der Waals surface area contributed by atoms with Crippen molar-refractivity contribution in [3.8, 4) is 0 Å². The first-order valence-electron chi connectivity index (χ1n) is 9.39. The Balaban J connectivity index is 1.78. The molecule has 0 bridgehead atoms. The average molecular weight is 360 g/mol. The lowest BCUT2D eigenvalue weighted by Crippen LogP contribution is -2.45. The summed E-state index contributed by atoms with van der Waals surface area (Å²) in [6.07, 6.45) is 12.5. The van der Waals surface area contributed by atoms with E-state index in [4.69, 9.17) is 9.31 Å². The van der Waals surface area contributed by atoms with E-state index in [0.29, 0.717) is 0 Å². The maximum Gasteiger partial charge on any atom is 0.473 e. The molecule has 2 aromatic rings. The number of benzene rings is 1. The standard InChI is InChI=1S/C22H25BN2O2/c1-20(2)21(3,4)27-23(26-20)22(19-14-24-16-25-15-19)12-8-11-18(13-22)17-9-6-5-7-10-17/h5-12,14-16H,13H2,1-4H3. The Morgan fingerprint density at radius 3 is 2.19 bits per heavy atom. The zero-order valence-electron chi connectivity index (χ0n) is 16.3. The summed E-state index contributed by atoms with van der Waals surface area (Å²) in [6, 6.07) is 10.4. The molecule has 1 atom stereocenters. The average Bonchev–Trinajstić information content (AvgIpc) is 2.91. The first-order valence-corrected chi connectivity index (χ1v) is 9.39. The fourth-order valence-corrected chi connectivity index (χ4v) is 3.71. The van der Waals surface area contributed by atoms with E-state index in [0.717, 1.165) is 12.0 Å². The van der Waals surface area contributed by atoms with Crippen molar-refractivity contribution in [1.82, 2.24) is 9.97 Å². The molecule has 0 radical (unpaired) electrons. The maximum atomic E-state index is 6.49. The number of nitrogens with zero attached hydrogens (tertiary/aromatic N) is 2. The molecule has 0 saturated carbocycles. The third-order valence-corrected chi connectivity index (χ3v) is 6.09. The monoisotopic (exact) mass is 360 g/mol. The summed E-state index contributed by atoms with van der Waals surface area (Å²) in [5.74, 6) is 0. The molecule has 1 unspecified atom stereocenters. The van der Waals surface area contributed by atoms with Crippen LogP contribution in [0.2, 0.25) is 0 Å². The summed E-state index contributed by atoms with van der Waals surface area (Å²) in [5, 5.41) is -0.480. The molecule has 27 heavy (non-hydrogen) atoms. The van der Waals surface area contributed by atoms with Crippen molar-refractivity contribution in [2.75, 3.05) is 0 Å². The number of hydrogen-bond acceptors (Lipinski definition) is 4. The van der Waals surface area contributed by atoms with Gasteiger partial charge in [0.25, 0.3) is 0 Å². The van der Waals surface area contributed by atoms with Crippen molar-refractivity contribution in [2.45, 2.75) is 50.6 Å². The maximum absolute atomic E-state index is 6.49. The minimum Gasteiger partial charge on any atom is -0.402 e. The molecule has 0 N–H and O–H groups in total. The number of rotatable bonds is 3. The molecule has 1 aromatic carbocycles. The minimum atomic E-state index is -0.480. The second kappa shape index (κ2) is 6.43. The predicted molar refractivity (Wildman–Crippen MR) is 108 cm³/mol. The Labute approximate surface area is 161 Å². The lowest BCUT2D eigenvalue weighted by molar-refractivity contribution is 0.00578. The molecule has 1 aliphatic heterocycles. The van der Waals surface area contributed by atoms with Crippen LogP contribution < -0.4 is 0 Å². The van der Waals surface area contributed by atoms with E-state index in [9.17, 15) is 0 Å². The van der Waals surface area contributed by atoms with Crippen LogP contribution in [-0.4, -0.2) is 28.3 Å². The van der Waals surface area contributed by atoms with E-state index in [2.05, 4.69) is 80.2 Å². The van der Waals surface area contributed by atoms with Crippen LogP contribution >= 0.6 is 0 Å². The van der Waals surface area contributed by atoms with Crippen LogP contribution in [0.5, 0.6) is 0 Å². The van der Waals surface area contributed by atoms with E-state index < -0.39 is 23.6 Å². The first-order chi connectivity index (χ1) is 12.8. The molecule has 1 aromatic heterocycles. The van der Waals surface area contributed by atoms with Gasteiger partial charge in [-0.2, -0.15) is 0 Å². The van der Waals surface area contributed by atoms with Gasteiger partial charge in [-0.05, 0) is 50.8 Å². The highest BCUT2D eigenvalue weighted by Gasteiger charge is 2.60. The van der Waals surface area contributed by atoms with Crippen molar-refractivity contribution in [3.63, 3.8) is 0 Å². The van der Waals surface area contributed by atoms with E-state index in [1.54, 1.807) is 6.33 Å². The summed E-state index contributed by atoms with van der Waals surface area (Å²) in [5.41, 5.74) is 2.65. The Kier molecular flexibility index (Phi) is 4.32. The predicted octanol–water partition coefficient (Wildman–Crippen LogP) is 4.39. The molecule has 138 valence electrons. The van der Waals surface area contributed by atoms with Gasteiger partial charge in [0.15, 0.2) is 0 Å². The molecule has 0 amide bonds. The SMILES string of the molecule is CC1(C)OB(C2(c3cncnc3)C=CC=C(c3ccccc3)C2)OC1(C)C. The van der Waals surface area contributed by atoms with Crippen LogP contribution in [0.15, 0.2) is 67.3 Å². The summed E-state index contributed by atoms with van der Waals surface area (Å²) in [4.78, 5) is 8.54. The minimum absolute atomic E-state index is 0.401. The molecule has 0 spiro atoms. The molecule has 2 aliphatic rings. The van der Waals surface area contributed by atoms with Crippen LogP contribution in [0.3, 0.4) is 0 Å². The molecule has 2 heterocycles. The molecule has 1 saturated heterocycles. The lowest BCUT2D eigenvalue weighted by atomic mass is 9.50. The van der Waals surface area contributed by atoms with E-state index >= 15 is 0 Å². The molecular formula is C22H25BN2O2. The quantitative estimate of drug-likeness (QED) is 0.762. The van der Waals surface area contributed by atoms with Gasteiger partial charge in [-0.25, -0.2) is 9.97 Å². The summed E-state index contributed by atoms with van der Waals surface area (Å²) >= 11 is 0. The Hall–Kier alpha value is -2.24. The number of aromatic nitrogens is 2. The van der Waals surface area contributed by atoms with Crippen molar-refractivity contribution < 1.29 is 9.31 Å². The van der Waals surface area contributed by atoms with Gasteiger partial charge in [0, 0.05) is 12.4 Å². The van der Waals surface area contributed by atoms with Crippen LogP contribution in [0.4, 0.5) is 0 Å². The van der Waals surface area contributed by atoms with E-state index in [1.165, 1.54) is 11.1 Å². The second-order valence-corrected chi connectivity index (χ2v) is 8.35. The van der Waals surface area contributed by atoms with Crippen molar-refractivity contribution >= 4 is 12.7 Å². The van der Waals surface area contributed by atoms with Gasteiger partial charge >= 0.3 is 7.12 Å². The summed E-state index contributed by atoms with van der Waals surface area (Å²) < 4.78 is 13.0. The van der Waals surface area contributed by atoms with Gasteiger partial charge in [0.05, 0.1) is 16.5 Å². The molecule has 1 aliphatic carbocycles. The van der Waals surface area contributed by atoms with Gasteiger partial charge in [-0.3, -0.25) is 0 Å². The Morgan fingerprint density at radius 2 is 1.56 bits per heavy atom. The highest BCUT2D eigenvalue weighted by Crippen LogP contribution is 2.48. The fourth-order valence-electron chi connectivity index (χ4n) is 3.71.